The van der Waals surface area contributed by atoms with Crippen molar-refractivity contribution in [2.45, 2.75) is 155 Å². The van der Waals surface area contributed by atoms with Gasteiger partial charge in [-0.25, -0.2) is 0 Å². The second-order valence-electron chi connectivity index (χ2n) is 23.3. The second kappa shape index (κ2) is 25.0. The number of nitrogens with zero attached hydrogens (tertiary/aromatic N) is 3. The number of likely N-dealkylation sites (tertiary alicyclic amines) is 1. The average Bonchev–Trinajstić information content (AvgIpc) is 3.85. The number of hydrogen-bond acceptors (Lipinski definition) is 9. The molecule has 0 saturated carbocycles. The van der Waals surface area contributed by atoms with Gasteiger partial charge in [-0.3, -0.25) is 33.6 Å². The van der Waals surface area contributed by atoms with E-state index in [1.54, 1.807) is 49.9 Å². The van der Waals surface area contributed by atoms with E-state index in [0.717, 1.165) is 47.1 Å². The molecule has 2 aliphatic heterocycles. The largest absolute Gasteiger partial charge is 0.347 e. The molecule has 0 aromatic heterocycles. The molecule has 7 rings (SSSR count). The molecule has 77 heavy (non-hydrogen) atoms. The minimum Gasteiger partial charge on any atom is -0.347 e. The lowest BCUT2D eigenvalue weighted by atomic mass is 9.84. The van der Waals surface area contributed by atoms with Crippen molar-refractivity contribution in [2.24, 2.45) is 10.8 Å². The number of carbonyl (C=O) groups is 7. The van der Waals surface area contributed by atoms with Gasteiger partial charge in [0, 0.05) is 44.2 Å². The zero-order chi connectivity index (χ0) is 55.8. The van der Waals surface area contributed by atoms with E-state index in [1.165, 1.54) is 10.5 Å². The highest BCUT2D eigenvalue weighted by molar-refractivity contribution is 5.97. The Kier molecular flexibility index (Phi) is 18.8. The van der Waals surface area contributed by atoms with Gasteiger partial charge in [0.1, 0.15) is 24.2 Å². The first-order valence-electron chi connectivity index (χ1n) is 27.3. The van der Waals surface area contributed by atoms with Gasteiger partial charge in [0.2, 0.25) is 35.4 Å². The SMILES string of the molecule is CN[C@@H](C)C(=O)N[C@H](C(=O)N1CC(NC(=O)c2ccc(CN(CCc3ccccc3)C(=O)[C@@H]3Cc4ccccc4CN3C(=O)[C@@H](NC(=O)[C@H](C)NC)C(C)(C)C)cc2)C[C@H]1C(=O)N[C@@H]1CCCc2ccccc21)C(C)(C)C. The minimum absolute atomic E-state index is 0.0492. The summed E-state index contributed by atoms with van der Waals surface area (Å²) in [6, 6.07) is 27.2. The number of likely N-dealkylation sites (N-methyl/N-ethyl adjacent to an activating group) is 2. The van der Waals surface area contributed by atoms with Crippen LogP contribution in [0.25, 0.3) is 0 Å². The molecule has 0 radical (unpaired) electrons. The van der Waals surface area contributed by atoms with E-state index in [1.807, 2.05) is 126 Å². The van der Waals surface area contributed by atoms with Crippen molar-refractivity contribution in [3.63, 3.8) is 0 Å². The molecule has 4 aromatic rings. The number of amides is 7. The van der Waals surface area contributed by atoms with Gasteiger partial charge < -0.3 is 46.6 Å². The van der Waals surface area contributed by atoms with Gasteiger partial charge in [0.25, 0.3) is 5.91 Å². The van der Waals surface area contributed by atoms with Gasteiger partial charge in [0.15, 0.2) is 0 Å². The van der Waals surface area contributed by atoms with Crippen LogP contribution in [0.5, 0.6) is 0 Å². The van der Waals surface area contributed by atoms with E-state index in [2.05, 4.69) is 38.0 Å². The summed E-state index contributed by atoms with van der Waals surface area (Å²) in [4.78, 5) is 105. The average molecular weight is 1050 g/mol. The predicted octanol–water partition coefficient (Wildman–Crippen LogP) is 5.38. The Bertz CT molecular complexity index is 2750. The standard InChI is InChI=1S/C61H81N9O7/c1-38(62-9)53(71)66-51(60(3,4)5)58(76)69-36-45-23-15-14-22-44(45)33-50(69)57(75)68(32-31-40-19-12-11-13-20-40)35-41-27-29-43(30-28-41)55(73)64-46-34-49(56(74)65-48-26-18-24-42-21-16-17-25-47(42)48)70(37-46)59(77)52(61(6,7)8)67-54(72)39(2)63-10/h11-17,19-23,25,27-30,38-39,46,48-52,62-63H,18,24,26,31-37H2,1-10H3,(H,64,73)(H,65,74)(H,66,71)(H,67,72)/t38-,39-,46?,48+,49-,50-,51+,52+/m0/s1. The first-order chi connectivity index (χ1) is 36.6. The monoisotopic (exact) mass is 1050 g/mol. The molecule has 3 aliphatic rings. The maximum absolute atomic E-state index is 15.3. The summed E-state index contributed by atoms with van der Waals surface area (Å²) in [5.74, 6) is -2.35. The summed E-state index contributed by atoms with van der Waals surface area (Å²) in [6.45, 7) is 15.5. The third-order valence-corrected chi connectivity index (χ3v) is 15.6. The van der Waals surface area contributed by atoms with E-state index in [0.29, 0.717) is 24.9 Å². The molecule has 1 aliphatic carbocycles. The van der Waals surface area contributed by atoms with Crippen LogP contribution in [-0.2, 0) is 61.1 Å². The van der Waals surface area contributed by atoms with Crippen LogP contribution < -0.4 is 31.9 Å². The number of nitrogens with one attached hydrogen (secondary N) is 6. The maximum atomic E-state index is 15.3. The van der Waals surface area contributed by atoms with Crippen LogP contribution in [0, 0.1) is 10.8 Å². The minimum atomic E-state index is -0.963. The third-order valence-electron chi connectivity index (χ3n) is 15.6. The summed E-state index contributed by atoms with van der Waals surface area (Å²) in [5, 5.41) is 18.2. The third kappa shape index (κ3) is 14.2. The lowest BCUT2D eigenvalue weighted by Crippen LogP contribution is -2.62. The molecular formula is C61H81N9O7. The van der Waals surface area contributed by atoms with Crippen molar-refractivity contribution in [3.05, 3.63) is 142 Å². The first-order valence-corrected chi connectivity index (χ1v) is 27.3. The van der Waals surface area contributed by atoms with E-state index >= 15 is 4.79 Å². The molecule has 7 amide bonds. The highest BCUT2D eigenvalue weighted by Gasteiger charge is 2.47. The van der Waals surface area contributed by atoms with E-state index in [4.69, 9.17) is 0 Å². The second-order valence-corrected chi connectivity index (χ2v) is 23.3. The molecule has 16 heteroatoms. The topological polar surface area (TPSA) is 201 Å². The molecule has 412 valence electrons. The zero-order valence-corrected chi connectivity index (χ0v) is 46.7. The Morgan fingerprint density at radius 1 is 0.636 bits per heavy atom. The van der Waals surface area contributed by atoms with E-state index < -0.39 is 64.9 Å². The van der Waals surface area contributed by atoms with Crippen molar-refractivity contribution in [2.75, 3.05) is 27.2 Å². The van der Waals surface area contributed by atoms with E-state index in [9.17, 15) is 28.8 Å². The Morgan fingerprint density at radius 3 is 1.79 bits per heavy atom. The molecule has 1 saturated heterocycles. The highest BCUT2D eigenvalue weighted by atomic mass is 16.2. The molecule has 0 bridgehead atoms. The zero-order valence-electron chi connectivity index (χ0n) is 46.7. The summed E-state index contributed by atoms with van der Waals surface area (Å²) in [6.07, 6.45) is 3.59. The van der Waals surface area contributed by atoms with Crippen LogP contribution in [-0.4, -0.2) is 126 Å². The number of benzene rings is 4. The molecule has 6 N–H and O–H groups in total. The Balaban J connectivity index is 1.12. The van der Waals surface area contributed by atoms with Gasteiger partial charge in [0.05, 0.1) is 18.1 Å². The molecule has 16 nitrogen and oxygen atoms in total. The van der Waals surface area contributed by atoms with Crippen LogP contribution in [0.4, 0.5) is 0 Å². The molecular weight excluding hydrogens is 971 g/mol. The predicted molar refractivity (Wildman–Crippen MR) is 298 cm³/mol. The summed E-state index contributed by atoms with van der Waals surface area (Å²) in [7, 11) is 3.36. The highest BCUT2D eigenvalue weighted by Crippen LogP contribution is 2.33. The van der Waals surface area contributed by atoms with Crippen molar-refractivity contribution in [1.82, 2.24) is 46.6 Å². The molecule has 4 aromatic carbocycles. The normalized spacial score (nSPS) is 19.8. The van der Waals surface area contributed by atoms with Crippen LogP contribution in [0.2, 0.25) is 0 Å². The van der Waals surface area contributed by atoms with Gasteiger partial charge in [-0.2, -0.15) is 0 Å². The van der Waals surface area contributed by atoms with Gasteiger partial charge >= 0.3 is 0 Å². The molecule has 1 fully saturated rings. The fourth-order valence-electron chi connectivity index (χ4n) is 10.6. The molecule has 2 heterocycles. The van der Waals surface area contributed by atoms with Crippen LogP contribution in [0.1, 0.15) is 124 Å². The fraction of sp³-hybridized carbons (Fsp3) is 0.492. The quantitative estimate of drug-likeness (QED) is 0.0757. The van der Waals surface area contributed by atoms with E-state index in [-0.39, 0.29) is 61.6 Å². The van der Waals surface area contributed by atoms with Crippen molar-refractivity contribution < 1.29 is 33.6 Å². The lowest BCUT2D eigenvalue weighted by Gasteiger charge is -2.42. The van der Waals surface area contributed by atoms with Crippen LogP contribution in [0.3, 0.4) is 0 Å². The van der Waals surface area contributed by atoms with Gasteiger partial charge in [-0.05, 0) is 116 Å². The van der Waals surface area contributed by atoms with Crippen molar-refractivity contribution >= 4 is 41.4 Å². The number of hydrogen-bond donors (Lipinski definition) is 6. The summed E-state index contributed by atoms with van der Waals surface area (Å²) < 4.78 is 0. The summed E-state index contributed by atoms with van der Waals surface area (Å²) >= 11 is 0. The maximum Gasteiger partial charge on any atom is 0.251 e. The Morgan fingerprint density at radius 2 is 1.19 bits per heavy atom. The van der Waals surface area contributed by atoms with Gasteiger partial charge in [-0.1, -0.05) is 133 Å². The number of rotatable bonds is 18. The Hall–Kier alpha value is -6.91. The Labute approximate surface area is 455 Å². The molecule has 8 atom stereocenters. The van der Waals surface area contributed by atoms with Gasteiger partial charge in [-0.15, -0.1) is 0 Å². The number of fused-ring (bicyclic) bond motifs is 2. The van der Waals surface area contributed by atoms with Crippen LogP contribution >= 0.6 is 0 Å². The fourth-order valence-corrected chi connectivity index (χ4v) is 10.6. The van der Waals surface area contributed by atoms with Crippen LogP contribution in [0.15, 0.2) is 103 Å². The number of carbonyl (C=O) groups excluding carboxylic acids is 7. The summed E-state index contributed by atoms with van der Waals surface area (Å²) in [5.41, 5.74) is 4.92. The number of aryl methyl sites for hydroxylation is 1. The lowest BCUT2D eigenvalue weighted by molar-refractivity contribution is -0.151. The molecule has 1 unspecified atom stereocenters. The molecule has 0 spiro atoms. The first kappa shape index (κ1) is 57.8. The smallest absolute Gasteiger partial charge is 0.251 e. The van der Waals surface area contributed by atoms with Crippen molar-refractivity contribution in [1.29, 1.82) is 0 Å². The van der Waals surface area contributed by atoms with Crippen molar-refractivity contribution in [3.8, 4) is 0 Å².